The smallest absolute Gasteiger partial charge is 0.388 e. The van der Waals surface area contributed by atoms with Crippen LogP contribution in [0.2, 0.25) is 0 Å². The first kappa shape index (κ1) is 18.2. The van der Waals surface area contributed by atoms with Crippen LogP contribution in [-0.2, 0) is 6.18 Å². The van der Waals surface area contributed by atoms with Crippen LogP contribution in [-0.4, -0.2) is 10.4 Å². The average molecular weight is 527 g/mol. The molecule has 0 fully saturated rings. The molecule has 24 heavy (non-hydrogen) atoms. The number of halogens is 6. The van der Waals surface area contributed by atoms with Crippen molar-refractivity contribution in [1.29, 1.82) is 0 Å². The van der Waals surface area contributed by atoms with Gasteiger partial charge in [-0.15, -0.1) is 0 Å². The Labute approximate surface area is 161 Å². The zero-order valence-corrected chi connectivity index (χ0v) is 16.7. The number of fused-ring (bicyclic) bond motifs is 3. The van der Waals surface area contributed by atoms with Gasteiger partial charge in [-0.2, -0.15) is 13.2 Å². The first-order valence-corrected chi connectivity index (χ1v) is 9.59. The second-order valence-electron chi connectivity index (χ2n) is 5.38. The monoisotopic (exact) mass is 524 g/mol. The molecule has 0 saturated heterocycles. The quantitative estimate of drug-likeness (QED) is 0.282. The lowest BCUT2D eigenvalue weighted by Crippen LogP contribution is -2.05. The summed E-state index contributed by atoms with van der Waals surface area (Å²) in [5.74, 6) is 0. The molecule has 0 saturated carbocycles. The summed E-state index contributed by atoms with van der Waals surface area (Å²) in [5, 5.41) is 13.0. The zero-order valence-electron chi connectivity index (χ0n) is 12.0. The fourth-order valence-corrected chi connectivity index (χ4v) is 4.60. The molecule has 0 aliphatic heterocycles. The number of aliphatic hydroxyl groups excluding tert-OH is 1. The standard InChI is InChI=1S/C17H10Br3F3O/c18-7-15(24)12-4-8-3-10(19)6-14(20)16(8)13-5-9(17(21,22)23)1-2-11(12)13/h1-6,15,24H,7H2/t15-/m1/s1. The maximum absolute atomic E-state index is 13.1. The molecule has 0 radical (unpaired) electrons. The Kier molecular flexibility index (Phi) is 4.99. The lowest BCUT2D eigenvalue weighted by atomic mass is 9.93. The van der Waals surface area contributed by atoms with Crippen molar-refractivity contribution in [1.82, 2.24) is 0 Å². The van der Waals surface area contributed by atoms with Crippen LogP contribution in [0.1, 0.15) is 17.2 Å². The molecule has 3 aromatic rings. The SMILES string of the molecule is O[C@H](CBr)c1cc2cc(Br)cc(Br)c2c2cc(C(F)(F)F)ccc12. The topological polar surface area (TPSA) is 20.2 Å². The Bertz CT molecular complexity index is 938. The predicted molar refractivity (Wildman–Crippen MR) is 101 cm³/mol. The summed E-state index contributed by atoms with van der Waals surface area (Å²) >= 11 is 10.1. The minimum atomic E-state index is -4.42. The maximum atomic E-state index is 13.1. The summed E-state index contributed by atoms with van der Waals surface area (Å²) in [5.41, 5.74) is -0.121. The molecule has 0 aromatic heterocycles. The van der Waals surface area contributed by atoms with Gasteiger partial charge in [-0.1, -0.05) is 53.9 Å². The Morgan fingerprint density at radius 3 is 2.33 bits per heavy atom. The van der Waals surface area contributed by atoms with Crippen molar-refractivity contribution in [2.75, 3.05) is 5.33 Å². The normalized spacial score (nSPS) is 13.6. The summed E-state index contributed by atoms with van der Waals surface area (Å²) in [6, 6.07) is 9.04. The molecule has 0 spiro atoms. The van der Waals surface area contributed by atoms with Gasteiger partial charge in [-0.05, 0) is 52.1 Å². The molecule has 1 N–H and O–H groups in total. The van der Waals surface area contributed by atoms with Crippen LogP contribution in [0.5, 0.6) is 0 Å². The van der Waals surface area contributed by atoms with Crippen molar-refractivity contribution in [2.45, 2.75) is 12.3 Å². The van der Waals surface area contributed by atoms with E-state index >= 15 is 0 Å². The summed E-state index contributed by atoms with van der Waals surface area (Å²) in [6.07, 6.45) is -5.24. The Morgan fingerprint density at radius 2 is 1.71 bits per heavy atom. The highest BCUT2D eigenvalue weighted by Gasteiger charge is 2.31. The third kappa shape index (κ3) is 3.23. The van der Waals surface area contributed by atoms with Crippen LogP contribution in [0.15, 0.2) is 45.3 Å². The number of alkyl halides is 4. The molecule has 3 aromatic carbocycles. The number of benzene rings is 3. The van der Waals surface area contributed by atoms with E-state index in [4.69, 9.17) is 0 Å². The summed E-state index contributed by atoms with van der Waals surface area (Å²) in [6.45, 7) is 0. The molecule has 126 valence electrons. The Morgan fingerprint density at radius 1 is 1.00 bits per heavy atom. The van der Waals surface area contributed by atoms with Gasteiger partial charge >= 0.3 is 6.18 Å². The van der Waals surface area contributed by atoms with Crippen molar-refractivity contribution in [3.8, 4) is 0 Å². The van der Waals surface area contributed by atoms with Gasteiger partial charge < -0.3 is 5.11 Å². The molecular formula is C17H10Br3F3O. The number of hydrogen-bond donors (Lipinski definition) is 1. The molecule has 0 bridgehead atoms. The first-order valence-electron chi connectivity index (χ1n) is 6.89. The molecule has 0 amide bonds. The molecule has 3 rings (SSSR count). The van der Waals surface area contributed by atoms with E-state index in [1.807, 2.05) is 12.1 Å². The molecule has 1 nitrogen and oxygen atoms in total. The lowest BCUT2D eigenvalue weighted by molar-refractivity contribution is -0.137. The number of rotatable bonds is 2. The minimum Gasteiger partial charge on any atom is -0.388 e. The van der Waals surface area contributed by atoms with E-state index in [2.05, 4.69) is 47.8 Å². The zero-order chi connectivity index (χ0) is 17.6. The maximum Gasteiger partial charge on any atom is 0.416 e. The van der Waals surface area contributed by atoms with E-state index in [1.54, 1.807) is 6.07 Å². The van der Waals surface area contributed by atoms with Crippen LogP contribution in [0.3, 0.4) is 0 Å². The van der Waals surface area contributed by atoms with Crippen molar-refractivity contribution in [2.24, 2.45) is 0 Å². The van der Waals surface area contributed by atoms with E-state index in [0.717, 1.165) is 22.0 Å². The minimum absolute atomic E-state index is 0.295. The van der Waals surface area contributed by atoms with Gasteiger partial charge in [0.1, 0.15) is 0 Å². The third-order valence-corrected chi connectivity index (χ3v) is 5.53. The van der Waals surface area contributed by atoms with Gasteiger partial charge in [-0.3, -0.25) is 0 Å². The lowest BCUT2D eigenvalue weighted by Gasteiger charge is -2.17. The van der Waals surface area contributed by atoms with Crippen molar-refractivity contribution in [3.63, 3.8) is 0 Å². The van der Waals surface area contributed by atoms with Crippen LogP contribution < -0.4 is 0 Å². The van der Waals surface area contributed by atoms with Gasteiger partial charge in [0.15, 0.2) is 0 Å². The van der Waals surface area contributed by atoms with Crippen LogP contribution in [0, 0.1) is 0 Å². The number of aliphatic hydroxyl groups is 1. The van der Waals surface area contributed by atoms with Crippen LogP contribution in [0.4, 0.5) is 13.2 Å². The molecule has 0 heterocycles. The number of hydrogen-bond acceptors (Lipinski definition) is 1. The summed E-state index contributed by atoms with van der Waals surface area (Å²) < 4.78 is 40.9. The molecular weight excluding hydrogens is 517 g/mol. The highest BCUT2D eigenvalue weighted by molar-refractivity contribution is 9.11. The van der Waals surface area contributed by atoms with Crippen LogP contribution in [0.25, 0.3) is 21.5 Å². The van der Waals surface area contributed by atoms with Crippen molar-refractivity contribution in [3.05, 3.63) is 56.5 Å². The van der Waals surface area contributed by atoms with E-state index < -0.39 is 17.8 Å². The highest BCUT2D eigenvalue weighted by atomic mass is 79.9. The summed E-state index contributed by atoms with van der Waals surface area (Å²) in [4.78, 5) is 0. The van der Waals surface area contributed by atoms with Gasteiger partial charge in [0, 0.05) is 19.7 Å². The highest BCUT2D eigenvalue weighted by Crippen LogP contribution is 2.40. The van der Waals surface area contributed by atoms with Gasteiger partial charge in [-0.25, -0.2) is 0 Å². The average Bonchev–Trinajstić information content (AvgIpc) is 2.51. The Balaban J connectivity index is 2.50. The molecule has 1 atom stereocenters. The fourth-order valence-electron chi connectivity index (χ4n) is 2.77. The summed E-state index contributed by atoms with van der Waals surface area (Å²) in [7, 11) is 0. The van der Waals surface area contributed by atoms with Gasteiger partial charge in [0.25, 0.3) is 0 Å². The van der Waals surface area contributed by atoms with E-state index in [1.165, 1.54) is 6.07 Å². The van der Waals surface area contributed by atoms with Crippen LogP contribution >= 0.6 is 47.8 Å². The van der Waals surface area contributed by atoms with E-state index in [-0.39, 0.29) is 0 Å². The second kappa shape index (κ2) is 6.59. The van der Waals surface area contributed by atoms with Crippen molar-refractivity contribution < 1.29 is 18.3 Å². The molecule has 0 aliphatic carbocycles. The molecule has 7 heteroatoms. The first-order chi connectivity index (χ1) is 11.2. The van der Waals surface area contributed by atoms with E-state index in [9.17, 15) is 18.3 Å². The second-order valence-corrected chi connectivity index (χ2v) is 7.80. The molecule has 0 aliphatic rings. The van der Waals surface area contributed by atoms with E-state index in [0.29, 0.717) is 31.5 Å². The van der Waals surface area contributed by atoms with Gasteiger partial charge in [0.2, 0.25) is 0 Å². The Hall–Kier alpha value is -0.630. The van der Waals surface area contributed by atoms with Gasteiger partial charge in [0.05, 0.1) is 11.7 Å². The van der Waals surface area contributed by atoms with Crippen molar-refractivity contribution >= 4 is 69.3 Å². The fraction of sp³-hybridized carbons (Fsp3) is 0.176. The third-order valence-electron chi connectivity index (χ3n) is 3.83. The predicted octanol–water partition coefficient (Wildman–Crippen LogP) is 6.97. The largest absolute Gasteiger partial charge is 0.416 e. The molecule has 0 unspecified atom stereocenters.